The fourth-order valence-electron chi connectivity index (χ4n) is 1.78. The molecule has 3 N–H and O–H groups in total. The van der Waals surface area contributed by atoms with Gasteiger partial charge in [0.1, 0.15) is 6.04 Å². The normalized spacial score (nSPS) is 21.2. The number of ether oxygens (including phenoxy) is 1. The standard InChI is InChI=1S/C11H21N3O3/c1-11(2,12)6-9(15)14-4-5-17-7-8(14)10(16)13-3/h8H,4-7,12H2,1-3H3,(H,13,16). The van der Waals surface area contributed by atoms with E-state index in [9.17, 15) is 9.59 Å². The molecule has 1 aliphatic rings. The number of hydrogen-bond acceptors (Lipinski definition) is 4. The van der Waals surface area contributed by atoms with E-state index in [0.717, 1.165) is 0 Å². The molecule has 0 aliphatic carbocycles. The number of nitrogens with two attached hydrogens (primary N) is 1. The highest BCUT2D eigenvalue weighted by atomic mass is 16.5. The molecule has 0 spiro atoms. The summed E-state index contributed by atoms with van der Waals surface area (Å²) in [6, 6.07) is -0.538. The quantitative estimate of drug-likeness (QED) is 0.672. The maximum Gasteiger partial charge on any atom is 0.244 e. The van der Waals surface area contributed by atoms with E-state index in [-0.39, 0.29) is 24.8 Å². The van der Waals surface area contributed by atoms with Crippen molar-refractivity contribution in [1.82, 2.24) is 10.2 Å². The summed E-state index contributed by atoms with van der Waals surface area (Å²) in [7, 11) is 1.55. The number of carbonyl (C=O) groups excluding carboxylic acids is 2. The summed E-state index contributed by atoms with van der Waals surface area (Å²) >= 11 is 0. The van der Waals surface area contributed by atoms with Crippen molar-refractivity contribution in [3.05, 3.63) is 0 Å². The lowest BCUT2D eigenvalue weighted by Gasteiger charge is -2.35. The van der Waals surface area contributed by atoms with Crippen LogP contribution < -0.4 is 11.1 Å². The Morgan fingerprint density at radius 3 is 2.71 bits per heavy atom. The van der Waals surface area contributed by atoms with Crippen LogP contribution in [0.5, 0.6) is 0 Å². The van der Waals surface area contributed by atoms with Crippen molar-refractivity contribution in [1.29, 1.82) is 0 Å². The molecule has 6 heteroatoms. The van der Waals surface area contributed by atoms with Crippen molar-refractivity contribution < 1.29 is 14.3 Å². The Kier molecular flexibility index (Phi) is 4.47. The van der Waals surface area contributed by atoms with Gasteiger partial charge in [-0.1, -0.05) is 0 Å². The highest BCUT2D eigenvalue weighted by Crippen LogP contribution is 2.13. The number of carbonyl (C=O) groups is 2. The molecule has 1 rings (SSSR count). The van der Waals surface area contributed by atoms with Crippen LogP contribution in [0.3, 0.4) is 0 Å². The monoisotopic (exact) mass is 243 g/mol. The minimum absolute atomic E-state index is 0.102. The third-order valence-electron chi connectivity index (χ3n) is 2.60. The van der Waals surface area contributed by atoms with E-state index in [0.29, 0.717) is 13.2 Å². The van der Waals surface area contributed by atoms with Gasteiger partial charge in [-0.25, -0.2) is 0 Å². The molecule has 1 atom stereocenters. The van der Waals surface area contributed by atoms with E-state index < -0.39 is 11.6 Å². The van der Waals surface area contributed by atoms with Crippen molar-refractivity contribution in [2.24, 2.45) is 5.73 Å². The van der Waals surface area contributed by atoms with E-state index in [4.69, 9.17) is 10.5 Å². The van der Waals surface area contributed by atoms with Crippen LogP contribution in [0.2, 0.25) is 0 Å². The molecule has 1 saturated heterocycles. The van der Waals surface area contributed by atoms with Crippen LogP contribution in [0.4, 0.5) is 0 Å². The fourth-order valence-corrected chi connectivity index (χ4v) is 1.78. The molecule has 0 bridgehead atoms. The minimum Gasteiger partial charge on any atom is -0.377 e. The van der Waals surface area contributed by atoms with Crippen LogP contribution in [0.25, 0.3) is 0 Å². The van der Waals surface area contributed by atoms with Crippen LogP contribution >= 0.6 is 0 Å². The van der Waals surface area contributed by atoms with E-state index in [1.165, 1.54) is 0 Å². The van der Waals surface area contributed by atoms with Crippen molar-refractivity contribution >= 4 is 11.8 Å². The third-order valence-corrected chi connectivity index (χ3v) is 2.60. The van der Waals surface area contributed by atoms with Crippen molar-refractivity contribution in [3.8, 4) is 0 Å². The van der Waals surface area contributed by atoms with E-state index in [1.807, 2.05) is 0 Å². The molecule has 17 heavy (non-hydrogen) atoms. The van der Waals surface area contributed by atoms with Crippen LogP contribution in [0, 0.1) is 0 Å². The van der Waals surface area contributed by atoms with E-state index in [1.54, 1.807) is 25.8 Å². The van der Waals surface area contributed by atoms with Gasteiger partial charge in [0.25, 0.3) is 0 Å². The molecule has 1 heterocycles. The Morgan fingerprint density at radius 2 is 2.18 bits per heavy atom. The Labute approximate surface area is 101 Å². The van der Waals surface area contributed by atoms with Crippen molar-refractivity contribution in [2.45, 2.75) is 31.8 Å². The highest BCUT2D eigenvalue weighted by Gasteiger charge is 2.33. The first kappa shape index (κ1) is 13.9. The molecule has 6 nitrogen and oxygen atoms in total. The van der Waals surface area contributed by atoms with Gasteiger partial charge in [0, 0.05) is 25.6 Å². The molecule has 0 aromatic heterocycles. The number of amides is 2. The van der Waals surface area contributed by atoms with Crippen molar-refractivity contribution in [3.63, 3.8) is 0 Å². The molecule has 0 aromatic rings. The Bertz CT molecular complexity index is 299. The van der Waals surface area contributed by atoms with Gasteiger partial charge < -0.3 is 20.7 Å². The first-order chi connectivity index (χ1) is 7.85. The van der Waals surface area contributed by atoms with Gasteiger partial charge in [-0.15, -0.1) is 0 Å². The van der Waals surface area contributed by atoms with Gasteiger partial charge in [-0.3, -0.25) is 9.59 Å². The van der Waals surface area contributed by atoms with Gasteiger partial charge in [0.15, 0.2) is 0 Å². The summed E-state index contributed by atoms with van der Waals surface area (Å²) in [6.07, 6.45) is 0.223. The molecule has 0 aromatic carbocycles. The molecule has 0 saturated carbocycles. The summed E-state index contributed by atoms with van der Waals surface area (Å²) in [6.45, 7) is 4.73. The second-order valence-corrected chi connectivity index (χ2v) is 4.96. The molecule has 98 valence electrons. The summed E-state index contributed by atoms with van der Waals surface area (Å²) in [5.74, 6) is -0.303. The number of nitrogens with one attached hydrogen (secondary N) is 1. The summed E-state index contributed by atoms with van der Waals surface area (Å²) in [4.78, 5) is 25.2. The number of nitrogens with zero attached hydrogens (tertiary/aromatic N) is 1. The molecule has 1 fully saturated rings. The lowest BCUT2D eigenvalue weighted by atomic mass is 10.0. The maximum atomic E-state index is 12.1. The van der Waals surface area contributed by atoms with Crippen LogP contribution in [0.15, 0.2) is 0 Å². The molecular formula is C11H21N3O3. The van der Waals surface area contributed by atoms with Crippen LogP contribution in [-0.2, 0) is 14.3 Å². The summed E-state index contributed by atoms with van der Waals surface area (Å²) < 4.78 is 5.23. The molecule has 1 unspecified atom stereocenters. The number of likely N-dealkylation sites (N-methyl/N-ethyl adjacent to an activating group) is 1. The van der Waals surface area contributed by atoms with Gasteiger partial charge in [-0.2, -0.15) is 0 Å². The maximum absolute atomic E-state index is 12.1. The second kappa shape index (κ2) is 5.46. The molecule has 1 aliphatic heterocycles. The highest BCUT2D eigenvalue weighted by molar-refractivity contribution is 5.88. The van der Waals surface area contributed by atoms with E-state index >= 15 is 0 Å². The topological polar surface area (TPSA) is 84.7 Å². The van der Waals surface area contributed by atoms with Gasteiger partial charge in [0.2, 0.25) is 11.8 Å². The lowest BCUT2D eigenvalue weighted by molar-refractivity contribution is -0.149. The summed E-state index contributed by atoms with van der Waals surface area (Å²) in [5, 5.41) is 2.54. The Morgan fingerprint density at radius 1 is 1.53 bits per heavy atom. The first-order valence-corrected chi connectivity index (χ1v) is 5.73. The first-order valence-electron chi connectivity index (χ1n) is 5.73. The zero-order valence-electron chi connectivity index (χ0n) is 10.7. The number of morpholine rings is 1. The van der Waals surface area contributed by atoms with E-state index in [2.05, 4.69) is 5.32 Å². The van der Waals surface area contributed by atoms with Gasteiger partial charge >= 0.3 is 0 Å². The number of rotatable bonds is 3. The lowest BCUT2D eigenvalue weighted by Crippen LogP contribution is -2.56. The smallest absolute Gasteiger partial charge is 0.244 e. The SMILES string of the molecule is CNC(=O)C1COCCN1C(=O)CC(C)(C)N. The molecule has 0 radical (unpaired) electrons. The molecule has 2 amide bonds. The average Bonchev–Trinajstić information content (AvgIpc) is 2.25. The summed E-state index contributed by atoms with van der Waals surface area (Å²) in [5.41, 5.74) is 5.25. The largest absolute Gasteiger partial charge is 0.377 e. The van der Waals surface area contributed by atoms with Crippen molar-refractivity contribution in [2.75, 3.05) is 26.8 Å². The predicted molar refractivity (Wildman–Crippen MR) is 63.3 cm³/mol. The van der Waals surface area contributed by atoms with Crippen LogP contribution in [0.1, 0.15) is 20.3 Å². The third kappa shape index (κ3) is 3.98. The molecular weight excluding hydrogens is 222 g/mol. The predicted octanol–water partition coefficient (Wildman–Crippen LogP) is -0.913. The minimum atomic E-state index is -0.567. The van der Waals surface area contributed by atoms with Gasteiger partial charge in [-0.05, 0) is 13.8 Å². The number of hydrogen-bond donors (Lipinski definition) is 2. The second-order valence-electron chi connectivity index (χ2n) is 4.96. The van der Waals surface area contributed by atoms with Gasteiger partial charge in [0.05, 0.1) is 13.2 Å². The van der Waals surface area contributed by atoms with Crippen LogP contribution in [-0.4, -0.2) is 55.1 Å². The Hall–Kier alpha value is -1.14. The average molecular weight is 243 g/mol. The fraction of sp³-hybridized carbons (Fsp3) is 0.818. The Balaban J connectivity index is 2.71. The zero-order valence-corrected chi connectivity index (χ0v) is 10.7. The zero-order chi connectivity index (χ0) is 13.1.